The topological polar surface area (TPSA) is 62.7 Å². The van der Waals surface area contributed by atoms with E-state index in [-0.39, 0.29) is 6.61 Å². The minimum Gasteiger partial charge on any atom is -0.464 e. The van der Waals surface area contributed by atoms with Crippen molar-refractivity contribution in [3.63, 3.8) is 0 Å². The number of pyridine rings is 1. The third-order valence-electron chi connectivity index (χ3n) is 3.38. The standard InChI is InChI=1S/C13H18N2O3/c1-18-13(17)12-8-11(2-5-14-12)15-6-3-10(9-16)4-7-15/h2,5,8,10,16H,3-4,6-7,9H2,1H3. The summed E-state index contributed by atoms with van der Waals surface area (Å²) in [5.41, 5.74) is 1.32. The fraction of sp³-hybridized carbons (Fsp3) is 0.538. The smallest absolute Gasteiger partial charge is 0.356 e. The lowest BCUT2D eigenvalue weighted by molar-refractivity contribution is 0.0594. The summed E-state index contributed by atoms with van der Waals surface area (Å²) in [6, 6.07) is 3.65. The van der Waals surface area contributed by atoms with E-state index in [9.17, 15) is 4.79 Å². The van der Waals surface area contributed by atoms with Crippen molar-refractivity contribution in [2.24, 2.45) is 5.92 Å². The van der Waals surface area contributed by atoms with Crippen LogP contribution >= 0.6 is 0 Å². The van der Waals surface area contributed by atoms with Gasteiger partial charge in [-0.25, -0.2) is 9.78 Å². The van der Waals surface area contributed by atoms with Crippen molar-refractivity contribution in [1.82, 2.24) is 4.98 Å². The molecule has 2 heterocycles. The summed E-state index contributed by atoms with van der Waals surface area (Å²) in [5.74, 6) is -0.00902. The van der Waals surface area contributed by atoms with Gasteiger partial charge in [0.05, 0.1) is 7.11 Å². The summed E-state index contributed by atoms with van der Waals surface area (Å²) in [5, 5.41) is 9.11. The summed E-state index contributed by atoms with van der Waals surface area (Å²) in [7, 11) is 1.35. The fourth-order valence-electron chi connectivity index (χ4n) is 2.21. The maximum Gasteiger partial charge on any atom is 0.356 e. The third-order valence-corrected chi connectivity index (χ3v) is 3.38. The van der Waals surface area contributed by atoms with Gasteiger partial charge in [-0.1, -0.05) is 0 Å². The molecule has 0 amide bonds. The van der Waals surface area contributed by atoms with Crippen LogP contribution in [0.5, 0.6) is 0 Å². The first-order chi connectivity index (χ1) is 8.74. The number of ether oxygens (including phenoxy) is 1. The molecule has 1 aliphatic heterocycles. The Morgan fingerprint density at radius 2 is 2.28 bits per heavy atom. The number of aromatic nitrogens is 1. The molecule has 2 rings (SSSR count). The van der Waals surface area contributed by atoms with E-state index in [1.54, 1.807) is 12.3 Å². The molecular formula is C13H18N2O3. The second kappa shape index (κ2) is 5.82. The van der Waals surface area contributed by atoms with Crippen molar-refractivity contribution in [3.8, 4) is 0 Å². The molecular weight excluding hydrogens is 232 g/mol. The van der Waals surface area contributed by atoms with Crippen LogP contribution in [0.25, 0.3) is 0 Å². The summed E-state index contributed by atoms with van der Waals surface area (Å²) < 4.78 is 4.66. The van der Waals surface area contributed by atoms with Gasteiger partial charge >= 0.3 is 5.97 Å². The molecule has 1 aromatic rings. The van der Waals surface area contributed by atoms with E-state index >= 15 is 0 Å². The summed E-state index contributed by atoms with van der Waals surface area (Å²) >= 11 is 0. The zero-order valence-electron chi connectivity index (χ0n) is 10.5. The first kappa shape index (κ1) is 12.8. The molecule has 0 aromatic carbocycles. The molecule has 0 unspecified atom stereocenters. The van der Waals surface area contributed by atoms with Crippen molar-refractivity contribution in [2.45, 2.75) is 12.8 Å². The first-order valence-corrected chi connectivity index (χ1v) is 6.14. The van der Waals surface area contributed by atoms with Gasteiger partial charge in [-0.3, -0.25) is 0 Å². The van der Waals surface area contributed by atoms with E-state index in [0.717, 1.165) is 31.6 Å². The number of carbonyl (C=O) groups is 1. The number of rotatable bonds is 3. The Balaban J connectivity index is 2.07. The highest BCUT2D eigenvalue weighted by molar-refractivity contribution is 5.88. The number of anilines is 1. The number of piperidine rings is 1. The first-order valence-electron chi connectivity index (χ1n) is 6.14. The van der Waals surface area contributed by atoms with Gasteiger partial charge in [0.1, 0.15) is 5.69 Å². The number of methoxy groups -OCH3 is 1. The maximum absolute atomic E-state index is 11.4. The molecule has 1 fully saturated rings. The van der Waals surface area contributed by atoms with E-state index in [1.165, 1.54) is 7.11 Å². The van der Waals surface area contributed by atoms with Crippen LogP contribution in [0.4, 0.5) is 5.69 Å². The lowest BCUT2D eigenvalue weighted by Gasteiger charge is -2.32. The van der Waals surface area contributed by atoms with Crippen LogP contribution in [-0.4, -0.2) is 42.9 Å². The Hall–Kier alpha value is -1.62. The second-order valence-corrected chi connectivity index (χ2v) is 4.50. The van der Waals surface area contributed by atoms with E-state index in [2.05, 4.69) is 14.6 Å². The monoisotopic (exact) mass is 250 g/mol. The van der Waals surface area contributed by atoms with E-state index in [4.69, 9.17) is 5.11 Å². The molecule has 0 bridgehead atoms. The van der Waals surface area contributed by atoms with Crippen molar-refractivity contribution in [2.75, 3.05) is 31.7 Å². The lowest BCUT2D eigenvalue weighted by atomic mass is 9.97. The molecule has 0 atom stereocenters. The molecule has 18 heavy (non-hydrogen) atoms. The van der Waals surface area contributed by atoms with Crippen LogP contribution in [0.15, 0.2) is 18.3 Å². The number of aliphatic hydroxyl groups excluding tert-OH is 1. The molecule has 0 spiro atoms. The average Bonchev–Trinajstić information content (AvgIpc) is 2.46. The van der Waals surface area contributed by atoms with Crippen LogP contribution in [0.1, 0.15) is 23.3 Å². The molecule has 1 aliphatic rings. The second-order valence-electron chi connectivity index (χ2n) is 4.50. The predicted molar refractivity (Wildman–Crippen MR) is 67.6 cm³/mol. The van der Waals surface area contributed by atoms with Gasteiger partial charge in [0.2, 0.25) is 0 Å². The van der Waals surface area contributed by atoms with Crippen molar-refractivity contribution >= 4 is 11.7 Å². The molecule has 98 valence electrons. The number of hydrogen-bond donors (Lipinski definition) is 1. The molecule has 1 saturated heterocycles. The number of carbonyl (C=O) groups excluding carboxylic acids is 1. The molecule has 0 saturated carbocycles. The minimum absolute atomic E-state index is 0.262. The van der Waals surface area contributed by atoms with Gasteiger partial charge < -0.3 is 14.7 Å². The van der Waals surface area contributed by atoms with Crippen LogP contribution in [0, 0.1) is 5.92 Å². The van der Waals surface area contributed by atoms with Gasteiger partial charge in [0, 0.05) is 31.6 Å². The Morgan fingerprint density at radius 3 is 2.89 bits per heavy atom. The Morgan fingerprint density at radius 1 is 1.56 bits per heavy atom. The molecule has 5 heteroatoms. The van der Waals surface area contributed by atoms with Gasteiger partial charge in [-0.05, 0) is 30.9 Å². The van der Waals surface area contributed by atoms with Crippen LogP contribution in [0.2, 0.25) is 0 Å². The van der Waals surface area contributed by atoms with Gasteiger partial charge in [0.15, 0.2) is 0 Å². The summed E-state index contributed by atoms with van der Waals surface area (Å²) in [4.78, 5) is 17.6. The third kappa shape index (κ3) is 2.79. The van der Waals surface area contributed by atoms with Gasteiger partial charge in [-0.15, -0.1) is 0 Å². The average molecular weight is 250 g/mol. The van der Waals surface area contributed by atoms with E-state index < -0.39 is 5.97 Å². The highest BCUT2D eigenvalue weighted by Gasteiger charge is 2.19. The molecule has 1 N–H and O–H groups in total. The van der Waals surface area contributed by atoms with Crippen LogP contribution in [-0.2, 0) is 4.74 Å². The van der Waals surface area contributed by atoms with Crippen LogP contribution < -0.4 is 4.90 Å². The Bertz CT molecular complexity index is 414. The van der Waals surface area contributed by atoms with E-state index in [1.807, 2.05) is 6.07 Å². The SMILES string of the molecule is COC(=O)c1cc(N2CCC(CO)CC2)ccn1. The summed E-state index contributed by atoms with van der Waals surface area (Å²) in [6.45, 7) is 2.06. The van der Waals surface area contributed by atoms with E-state index in [0.29, 0.717) is 11.6 Å². The Kier molecular flexibility index (Phi) is 4.15. The minimum atomic E-state index is -0.415. The summed E-state index contributed by atoms with van der Waals surface area (Å²) in [6.07, 6.45) is 3.58. The molecule has 0 aliphatic carbocycles. The normalized spacial score (nSPS) is 16.7. The highest BCUT2D eigenvalue weighted by Crippen LogP contribution is 2.23. The van der Waals surface area contributed by atoms with Gasteiger partial charge in [0.25, 0.3) is 0 Å². The van der Waals surface area contributed by atoms with Gasteiger partial charge in [-0.2, -0.15) is 0 Å². The number of esters is 1. The Labute approximate surface area is 106 Å². The highest BCUT2D eigenvalue weighted by atomic mass is 16.5. The predicted octanol–water partition coefficient (Wildman–Crippen LogP) is 1.08. The number of hydrogen-bond acceptors (Lipinski definition) is 5. The zero-order chi connectivity index (χ0) is 13.0. The zero-order valence-corrected chi connectivity index (χ0v) is 10.5. The van der Waals surface area contributed by atoms with Crippen molar-refractivity contribution in [3.05, 3.63) is 24.0 Å². The number of nitrogens with zero attached hydrogens (tertiary/aromatic N) is 2. The largest absolute Gasteiger partial charge is 0.464 e. The molecule has 1 aromatic heterocycles. The lowest BCUT2D eigenvalue weighted by Crippen LogP contribution is -2.34. The van der Waals surface area contributed by atoms with Crippen molar-refractivity contribution < 1.29 is 14.6 Å². The quantitative estimate of drug-likeness (QED) is 0.813. The molecule has 5 nitrogen and oxygen atoms in total. The van der Waals surface area contributed by atoms with Crippen LogP contribution in [0.3, 0.4) is 0 Å². The molecule has 0 radical (unpaired) electrons. The maximum atomic E-state index is 11.4. The van der Waals surface area contributed by atoms with Crippen molar-refractivity contribution in [1.29, 1.82) is 0 Å². The number of aliphatic hydroxyl groups is 1. The fourth-order valence-corrected chi connectivity index (χ4v) is 2.21.